The molecule has 16 heavy (non-hydrogen) atoms. The van der Waals surface area contributed by atoms with Crippen LogP contribution in [0, 0.1) is 0 Å². The Morgan fingerprint density at radius 3 is 2.94 bits per heavy atom. The molecule has 2 nitrogen and oxygen atoms in total. The first-order chi connectivity index (χ1) is 7.76. The number of rotatable bonds is 6. The first kappa shape index (κ1) is 12.8. The molecular weight excluding hydrogens is 198 g/mol. The van der Waals surface area contributed by atoms with E-state index in [9.17, 15) is 0 Å². The number of ether oxygens (including phenoxy) is 1. The van der Waals surface area contributed by atoms with Gasteiger partial charge in [0.05, 0.1) is 6.61 Å². The molecule has 1 atom stereocenters. The van der Waals surface area contributed by atoms with Crippen molar-refractivity contribution < 1.29 is 4.74 Å². The molecule has 0 saturated carbocycles. The van der Waals surface area contributed by atoms with Gasteiger partial charge in [-0.1, -0.05) is 31.2 Å². The molecule has 2 heteroatoms. The molecule has 1 N–H and O–H groups in total. The second-order valence-corrected chi connectivity index (χ2v) is 3.86. The lowest BCUT2D eigenvalue weighted by Crippen LogP contribution is -2.17. The van der Waals surface area contributed by atoms with Crippen LogP contribution in [0.1, 0.15) is 25.8 Å². The summed E-state index contributed by atoms with van der Waals surface area (Å²) >= 11 is 0. The maximum atomic E-state index is 5.58. The van der Waals surface area contributed by atoms with E-state index in [0.29, 0.717) is 6.04 Å². The van der Waals surface area contributed by atoms with Crippen LogP contribution in [0.15, 0.2) is 30.3 Å². The highest BCUT2D eigenvalue weighted by Crippen LogP contribution is 2.14. The van der Waals surface area contributed by atoms with Crippen LogP contribution >= 0.6 is 0 Å². The minimum Gasteiger partial charge on any atom is -0.494 e. The molecule has 0 aliphatic rings. The highest BCUT2D eigenvalue weighted by molar-refractivity contribution is 5.52. The van der Waals surface area contributed by atoms with Crippen molar-refractivity contribution in [3.63, 3.8) is 0 Å². The molecule has 0 amide bonds. The van der Waals surface area contributed by atoms with Crippen molar-refractivity contribution in [2.45, 2.75) is 26.3 Å². The fourth-order valence-corrected chi connectivity index (χ4v) is 1.28. The first-order valence-corrected chi connectivity index (χ1v) is 5.84. The van der Waals surface area contributed by atoms with Crippen LogP contribution in [0.3, 0.4) is 0 Å². The van der Waals surface area contributed by atoms with Crippen molar-refractivity contribution in [3.05, 3.63) is 35.9 Å². The molecule has 88 valence electrons. The van der Waals surface area contributed by atoms with Gasteiger partial charge in [-0.15, -0.1) is 0 Å². The minimum atomic E-state index is 0.389. The van der Waals surface area contributed by atoms with Crippen molar-refractivity contribution in [1.29, 1.82) is 0 Å². The Balaban J connectivity index is 2.63. The second-order valence-electron chi connectivity index (χ2n) is 3.86. The number of hydrogen-bond donors (Lipinski definition) is 1. The molecule has 1 unspecified atom stereocenters. The van der Waals surface area contributed by atoms with E-state index in [0.717, 1.165) is 18.8 Å². The summed E-state index contributed by atoms with van der Waals surface area (Å²) in [6, 6.07) is 8.55. The maximum Gasteiger partial charge on any atom is 0.119 e. The predicted molar refractivity (Wildman–Crippen MR) is 69.8 cm³/mol. The monoisotopic (exact) mass is 219 g/mol. The topological polar surface area (TPSA) is 21.3 Å². The van der Waals surface area contributed by atoms with E-state index in [4.69, 9.17) is 4.74 Å². The quantitative estimate of drug-likeness (QED) is 0.793. The first-order valence-electron chi connectivity index (χ1n) is 5.84. The van der Waals surface area contributed by atoms with Crippen molar-refractivity contribution in [1.82, 2.24) is 5.32 Å². The average molecular weight is 219 g/mol. The molecule has 0 fully saturated rings. The maximum absolute atomic E-state index is 5.58. The van der Waals surface area contributed by atoms with E-state index in [-0.39, 0.29) is 0 Å². The van der Waals surface area contributed by atoms with Crippen molar-refractivity contribution in [3.8, 4) is 5.75 Å². The average Bonchev–Trinajstić information content (AvgIpc) is 2.34. The third kappa shape index (κ3) is 4.49. The van der Waals surface area contributed by atoms with Crippen molar-refractivity contribution in [2.24, 2.45) is 0 Å². The van der Waals surface area contributed by atoms with Gasteiger partial charge in [0.15, 0.2) is 0 Å². The molecule has 0 aliphatic heterocycles. The van der Waals surface area contributed by atoms with E-state index in [1.807, 2.05) is 19.2 Å². The van der Waals surface area contributed by atoms with Gasteiger partial charge in [-0.25, -0.2) is 0 Å². The van der Waals surface area contributed by atoms with E-state index >= 15 is 0 Å². The summed E-state index contributed by atoms with van der Waals surface area (Å²) in [4.78, 5) is 0. The smallest absolute Gasteiger partial charge is 0.119 e. The predicted octanol–water partition coefficient (Wildman–Crippen LogP) is 3.10. The van der Waals surface area contributed by atoms with Gasteiger partial charge in [-0.2, -0.15) is 0 Å². The summed E-state index contributed by atoms with van der Waals surface area (Å²) in [5.74, 6) is 0.945. The number of likely N-dealkylation sites (N-methyl/N-ethyl adjacent to an activating group) is 1. The zero-order valence-electron chi connectivity index (χ0n) is 10.4. The van der Waals surface area contributed by atoms with Gasteiger partial charge in [0, 0.05) is 6.04 Å². The van der Waals surface area contributed by atoms with Crippen molar-refractivity contribution >= 4 is 6.08 Å². The Morgan fingerprint density at radius 1 is 1.44 bits per heavy atom. The molecule has 0 bridgehead atoms. The lowest BCUT2D eigenvalue weighted by atomic mass is 10.1. The van der Waals surface area contributed by atoms with Gasteiger partial charge in [0.2, 0.25) is 0 Å². The third-order valence-electron chi connectivity index (χ3n) is 2.36. The summed E-state index contributed by atoms with van der Waals surface area (Å²) in [6.07, 6.45) is 5.29. The van der Waals surface area contributed by atoms with Crippen LogP contribution in [0.25, 0.3) is 6.08 Å². The molecule has 0 radical (unpaired) electrons. The van der Waals surface area contributed by atoms with Crippen LogP contribution in [0.4, 0.5) is 0 Å². The third-order valence-corrected chi connectivity index (χ3v) is 2.36. The zero-order chi connectivity index (χ0) is 11.8. The second kappa shape index (κ2) is 7.07. The van der Waals surface area contributed by atoms with E-state index in [2.05, 4.69) is 43.4 Å². The normalized spacial score (nSPS) is 12.9. The van der Waals surface area contributed by atoms with Gasteiger partial charge >= 0.3 is 0 Å². The lowest BCUT2D eigenvalue weighted by Gasteiger charge is -2.05. The molecule has 0 aliphatic carbocycles. The van der Waals surface area contributed by atoms with Gasteiger partial charge in [-0.05, 0) is 38.1 Å². The van der Waals surface area contributed by atoms with Crippen LogP contribution in [0.2, 0.25) is 0 Å². The minimum absolute atomic E-state index is 0.389. The standard InChI is InChI=1S/C14H21NO/c1-4-10-16-14-7-5-6-13(11-14)9-8-12(2)15-3/h5-9,11-12,15H,4,10H2,1-3H3/b9-8+. The Hall–Kier alpha value is -1.28. The Bertz CT molecular complexity index is 333. The van der Waals surface area contributed by atoms with Crippen LogP contribution in [0.5, 0.6) is 5.75 Å². The summed E-state index contributed by atoms with van der Waals surface area (Å²) in [5, 5.41) is 3.17. The van der Waals surface area contributed by atoms with Gasteiger partial charge in [0.25, 0.3) is 0 Å². The molecular formula is C14H21NO. The summed E-state index contributed by atoms with van der Waals surface area (Å²) in [5.41, 5.74) is 1.18. The Kier molecular flexibility index (Phi) is 5.65. The largest absolute Gasteiger partial charge is 0.494 e. The summed E-state index contributed by atoms with van der Waals surface area (Å²) in [6.45, 7) is 5.01. The van der Waals surface area contributed by atoms with Crippen LogP contribution in [-0.4, -0.2) is 19.7 Å². The fraction of sp³-hybridized carbons (Fsp3) is 0.429. The molecule has 1 rings (SSSR count). The van der Waals surface area contributed by atoms with E-state index in [1.54, 1.807) is 0 Å². The highest BCUT2D eigenvalue weighted by atomic mass is 16.5. The number of hydrogen-bond acceptors (Lipinski definition) is 2. The van der Waals surface area contributed by atoms with Crippen LogP contribution in [-0.2, 0) is 0 Å². The molecule has 1 aromatic rings. The van der Waals surface area contributed by atoms with Gasteiger partial charge in [0.1, 0.15) is 5.75 Å². The molecule has 1 aromatic carbocycles. The lowest BCUT2D eigenvalue weighted by molar-refractivity contribution is 0.317. The van der Waals surface area contributed by atoms with E-state index < -0.39 is 0 Å². The van der Waals surface area contributed by atoms with Crippen LogP contribution < -0.4 is 10.1 Å². The molecule has 0 saturated heterocycles. The number of nitrogens with one attached hydrogen (secondary N) is 1. The highest BCUT2D eigenvalue weighted by Gasteiger charge is 1.94. The van der Waals surface area contributed by atoms with Crippen molar-refractivity contribution in [2.75, 3.05) is 13.7 Å². The zero-order valence-corrected chi connectivity index (χ0v) is 10.4. The summed E-state index contributed by atoms with van der Waals surface area (Å²) in [7, 11) is 1.95. The fourth-order valence-electron chi connectivity index (χ4n) is 1.28. The van der Waals surface area contributed by atoms with Gasteiger partial charge in [-0.3, -0.25) is 0 Å². The number of benzene rings is 1. The Labute approximate surface area is 98.3 Å². The molecule has 0 heterocycles. The Morgan fingerprint density at radius 2 is 2.25 bits per heavy atom. The van der Waals surface area contributed by atoms with E-state index in [1.165, 1.54) is 5.56 Å². The SMILES string of the molecule is CCCOc1cccc(/C=C/C(C)NC)c1. The molecule has 0 aromatic heterocycles. The summed E-state index contributed by atoms with van der Waals surface area (Å²) < 4.78 is 5.58. The van der Waals surface area contributed by atoms with Gasteiger partial charge < -0.3 is 10.1 Å². The molecule has 0 spiro atoms.